The maximum absolute atomic E-state index is 10.4. The van der Waals surface area contributed by atoms with E-state index < -0.39 is 14.4 Å². The Bertz CT molecular complexity index is 1310. The maximum atomic E-state index is 10.4. The number of allylic oxidation sites excluding steroid dienone is 2. The lowest BCUT2D eigenvalue weighted by atomic mass is 9.99. The molecule has 1 aliphatic rings. The topological polar surface area (TPSA) is 47.9 Å². The fourth-order valence-corrected chi connectivity index (χ4v) is 11.7. The third kappa shape index (κ3) is 8.72. The van der Waals surface area contributed by atoms with Crippen molar-refractivity contribution in [3.63, 3.8) is 0 Å². The lowest BCUT2D eigenvalue weighted by Gasteiger charge is -2.47. The van der Waals surface area contributed by atoms with Crippen molar-refractivity contribution >= 4 is 30.5 Å². The van der Waals surface area contributed by atoms with Crippen molar-refractivity contribution in [3.8, 4) is 0 Å². The van der Waals surface area contributed by atoms with Gasteiger partial charge < -0.3 is 19.0 Å². The molecule has 6 heteroatoms. The molecule has 4 rings (SSSR count). The van der Waals surface area contributed by atoms with Crippen molar-refractivity contribution in [1.82, 2.24) is 0 Å². The summed E-state index contributed by atoms with van der Waals surface area (Å²) in [7, 11) is -1.12. The molecule has 3 aromatic rings. The van der Waals surface area contributed by atoms with Gasteiger partial charge in [0, 0.05) is 24.8 Å². The molecule has 1 N–H and O–H groups in total. The Labute approximate surface area is 270 Å². The number of benzene rings is 3. The van der Waals surface area contributed by atoms with Crippen LogP contribution in [0.5, 0.6) is 0 Å². The molecular formula is C38H48O4SSi. The highest BCUT2D eigenvalue weighted by Crippen LogP contribution is 2.41. The zero-order chi connectivity index (χ0) is 31.6. The molecule has 0 amide bonds. The van der Waals surface area contributed by atoms with Crippen molar-refractivity contribution < 1.29 is 19.0 Å². The standard InChI is InChI=1S/C38H48O4SSi/c1-7-17-30(39)25-24-29(2)26-36(35-27-31(40-6)28-37(41-35)43-32-18-11-8-12-19-32)42-44(38(3,4)5,33-20-13-9-14-21-33)34-22-15-10-16-23-34/h7-16,18-26,30-31,35-37,39H,1,17,27-28H2,2-6H3/b25-24+,29-26+/t30-,31-,35-,36-,37+/m1/s1. The van der Waals surface area contributed by atoms with Crippen LogP contribution in [0.15, 0.2) is 132 Å². The molecule has 4 nitrogen and oxygen atoms in total. The van der Waals surface area contributed by atoms with Crippen molar-refractivity contribution in [2.45, 2.75) is 86.7 Å². The molecule has 1 heterocycles. The van der Waals surface area contributed by atoms with Crippen LogP contribution in [0.4, 0.5) is 0 Å². The van der Waals surface area contributed by atoms with Gasteiger partial charge in [0.2, 0.25) is 0 Å². The molecule has 1 saturated heterocycles. The predicted molar refractivity (Wildman–Crippen MR) is 187 cm³/mol. The summed E-state index contributed by atoms with van der Waals surface area (Å²) in [6.07, 6.45) is 8.60. The number of aliphatic hydroxyl groups excluding tert-OH is 1. The summed E-state index contributed by atoms with van der Waals surface area (Å²) in [6, 6.07) is 31.9. The van der Waals surface area contributed by atoms with Gasteiger partial charge in [0.25, 0.3) is 8.32 Å². The smallest absolute Gasteiger partial charge is 0.262 e. The molecule has 1 fully saturated rings. The predicted octanol–water partition coefficient (Wildman–Crippen LogP) is 7.68. The third-order valence-electron chi connectivity index (χ3n) is 8.13. The number of aliphatic hydroxyl groups is 1. The number of ether oxygens (including phenoxy) is 2. The first-order valence-electron chi connectivity index (χ1n) is 15.5. The molecule has 1 aliphatic heterocycles. The van der Waals surface area contributed by atoms with Crippen LogP contribution in [0.2, 0.25) is 5.04 Å². The number of rotatable bonds is 13. The first kappa shape index (κ1) is 34.2. The molecule has 3 aromatic carbocycles. The van der Waals surface area contributed by atoms with E-state index in [1.54, 1.807) is 24.9 Å². The Hall–Kier alpha value is -2.71. The van der Waals surface area contributed by atoms with Crippen LogP contribution >= 0.6 is 11.8 Å². The van der Waals surface area contributed by atoms with E-state index in [-0.39, 0.29) is 28.8 Å². The van der Waals surface area contributed by atoms with Crippen LogP contribution in [0.3, 0.4) is 0 Å². The average Bonchev–Trinajstić information content (AvgIpc) is 3.02. The fourth-order valence-electron chi connectivity index (χ4n) is 5.95. The second-order valence-electron chi connectivity index (χ2n) is 12.5. The molecule has 0 spiro atoms. The molecule has 0 aromatic heterocycles. The first-order chi connectivity index (χ1) is 21.2. The summed E-state index contributed by atoms with van der Waals surface area (Å²) in [5, 5.41) is 12.6. The highest BCUT2D eigenvalue weighted by molar-refractivity contribution is 7.99. The van der Waals surface area contributed by atoms with Gasteiger partial charge in [-0.3, -0.25) is 0 Å². The third-order valence-corrected chi connectivity index (χ3v) is 14.3. The Balaban J connectivity index is 1.81. The highest BCUT2D eigenvalue weighted by atomic mass is 32.2. The number of thioether (sulfide) groups is 1. The summed E-state index contributed by atoms with van der Waals surface area (Å²) in [4.78, 5) is 1.17. The minimum Gasteiger partial charge on any atom is -0.398 e. The Morgan fingerprint density at radius 3 is 2.07 bits per heavy atom. The van der Waals surface area contributed by atoms with E-state index in [1.807, 2.05) is 18.2 Å². The molecule has 0 aliphatic carbocycles. The summed E-state index contributed by atoms with van der Waals surface area (Å²) >= 11 is 1.74. The van der Waals surface area contributed by atoms with Gasteiger partial charge in [0.1, 0.15) is 5.44 Å². The summed E-state index contributed by atoms with van der Waals surface area (Å²) in [5.41, 5.74) is 0.927. The summed E-state index contributed by atoms with van der Waals surface area (Å²) in [6.45, 7) is 12.7. The minimum absolute atomic E-state index is 0.0406. The van der Waals surface area contributed by atoms with E-state index >= 15 is 0 Å². The number of methoxy groups -OCH3 is 1. The maximum Gasteiger partial charge on any atom is 0.262 e. The van der Waals surface area contributed by atoms with Crippen molar-refractivity contribution in [3.05, 3.63) is 127 Å². The Morgan fingerprint density at radius 2 is 1.55 bits per heavy atom. The van der Waals surface area contributed by atoms with Gasteiger partial charge >= 0.3 is 0 Å². The van der Waals surface area contributed by atoms with Crippen molar-refractivity contribution in [2.75, 3.05) is 7.11 Å². The van der Waals surface area contributed by atoms with Gasteiger partial charge in [-0.25, -0.2) is 0 Å². The lowest BCUT2D eigenvalue weighted by Crippen LogP contribution is -2.68. The summed E-state index contributed by atoms with van der Waals surface area (Å²) in [5.74, 6) is 0. The summed E-state index contributed by atoms with van der Waals surface area (Å²) < 4.78 is 20.6. The monoisotopic (exact) mass is 628 g/mol. The second-order valence-corrected chi connectivity index (χ2v) is 18.0. The van der Waals surface area contributed by atoms with E-state index in [0.717, 1.165) is 18.4 Å². The lowest BCUT2D eigenvalue weighted by molar-refractivity contribution is -0.102. The highest BCUT2D eigenvalue weighted by Gasteiger charge is 2.52. The Kier molecular flexibility index (Phi) is 12.4. The van der Waals surface area contributed by atoms with Gasteiger partial charge in [0.05, 0.1) is 24.4 Å². The van der Waals surface area contributed by atoms with Crippen molar-refractivity contribution in [1.29, 1.82) is 0 Å². The molecule has 44 heavy (non-hydrogen) atoms. The van der Waals surface area contributed by atoms with Crippen LogP contribution in [0.25, 0.3) is 0 Å². The van der Waals surface area contributed by atoms with Gasteiger partial charge in [-0.15, -0.1) is 6.58 Å². The second kappa shape index (κ2) is 16.0. The van der Waals surface area contributed by atoms with E-state index in [1.165, 1.54) is 15.3 Å². The van der Waals surface area contributed by atoms with Gasteiger partial charge in [-0.1, -0.05) is 141 Å². The largest absolute Gasteiger partial charge is 0.398 e. The molecular weight excluding hydrogens is 581 g/mol. The van der Waals surface area contributed by atoms with E-state index in [9.17, 15) is 5.11 Å². The van der Waals surface area contributed by atoms with E-state index in [2.05, 4.69) is 125 Å². The van der Waals surface area contributed by atoms with Crippen molar-refractivity contribution in [2.24, 2.45) is 0 Å². The number of hydrogen-bond acceptors (Lipinski definition) is 5. The van der Waals surface area contributed by atoms with E-state index in [0.29, 0.717) is 6.42 Å². The molecule has 0 radical (unpaired) electrons. The average molecular weight is 629 g/mol. The minimum atomic E-state index is -2.91. The SMILES string of the molecule is C=CC[C@@H](O)/C=C/C(C)=C/[C@@H](O[Si](c1ccccc1)(c1ccccc1)C(C)(C)C)[C@H]1C[C@@H](OC)C[C@H](Sc2ccccc2)O1. The Morgan fingerprint density at radius 1 is 0.977 bits per heavy atom. The zero-order valence-electron chi connectivity index (χ0n) is 26.8. The normalized spacial score (nSPS) is 21.2. The van der Waals surface area contributed by atoms with Gasteiger partial charge in [-0.2, -0.15) is 0 Å². The van der Waals surface area contributed by atoms with Crippen LogP contribution in [-0.4, -0.2) is 50.4 Å². The molecule has 0 saturated carbocycles. The number of hydrogen-bond donors (Lipinski definition) is 1. The van der Waals surface area contributed by atoms with Crippen LogP contribution in [-0.2, 0) is 13.9 Å². The molecule has 5 atom stereocenters. The van der Waals surface area contributed by atoms with E-state index in [4.69, 9.17) is 13.9 Å². The first-order valence-corrected chi connectivity index (χ1v) is 18.3. The van der Waals surface area contributed by atoms with Crippen LogP contribution in [0, 0.1) is 0 Å². The van der Waals surface area contributed by atoms with Gasteiger partial charge in [0.15, 0.2) is 0 Å². The van der Waals surface area contributed by atoms with Crippen LogP contribution < -0.4 is 10.4 Å². The van der Waals surface area contributed by atoms with Gasteiger partial charge in [-0.05, 0) is 40.9 Å². The fraction of sp³-hybridized carbons (Fsp3) is 0.368. The zero-order valence-corrected chi connectivity index (χ0v) is 28.6. The molecule has 0 bridgehead atoms. The molecule has 0 unspecified atom stereocenters. The van der Waals surface area contributed by atoms with Crippen LogP contribution in [0.1, 0.15) is 47.0 Å². The quantitative estimate of drug-likeness (QED) is 0.120. The molecule has 234 valence electrons.